The van der Waals surface area contributed by atoms with Crippen molar-refractivity contribution < 1.29 is 4.79 Å². The Hall–Kier alpha value is -0.680. The fourth-order valence-electron chi connectivity index (χ4n) is 2.58. The van der Waals surface area contributed by atoms with Crippen LogP contribution < -0.4 is 10.6 Å². The Morgan fingerprint density at radius 1 is 1.33 bits per heavy atom. The van der Waals surface area contributed by atoms with Gasteiger partial charge in [-0.2, -0.15) is 0 Å². The van der Waals surface area contributed by atoms with Crippen LogP contribution in [0.2, 0.25) is 0 Å². The van der Waals surface area contributed by atoms with Crippen LogP contribution >= 0.6 is 23.1 Å². The molecule has 2 rings (SSSR count). The number of piperidine rings is 1. The Morgan fingerprint density at radius 3 is 2.38 bits per heavy atom. The second kappa shape index (κ2) is 6.21. The van der Waals surface area contributed by atoms with E-state index in [1.807, 2.05) is 20.1 Å². The molecule has 0 bridgehead atoms. The minimum atomic E-state index is -0.00575. The summed E-state index contributed by atoms with van der Waals surface area (Å²) in [5, 5.41) is 1.19. The molecule has 1 aromatic heterocycles. The second-order valence-electron chi connectivity index (χ2n) is 6.85. The molecule has 1 fully saturated rings. The summed E-state index contributed by atoms with van der Waals surface area (Å²) in [6, 6.07) is 0. The molecule has 2 N–H and O–H groups in total. The Kier molecular flexibility index (Phi) is 4.93. The molecule has 0 atom stereocenters. The number of hydrogen-bond acceptors (Lipinski definition) is 5. The number of ketones is 1. The zero-order valence-corrected chi connectivity index (χ0v) is 15.3. The van der Waals surface area contributed by atoms with E-state index in [4.69, 9.17) is 5.73 Å². The number of nitrogens with two attached hydrogens (primary N) is 1. The van der Waals surface area contributed by atoms with Crippen molar-refractivity contribution in [2.24, 2.45) is 11.3 Å². The number of thioether (sulfide) groups is 1. The van der Waals surface area contributed by atoms with E-state index in [2.05, 4.69) is 18.7 Å². The Balaban J connectivity index is 2.32. The number of Topliss-reactive ketones (excluding diaryl/α,β-unsaturated/α-hetero) is 1. The number of anilines is 2. The van der Waals surface area contributed by atoms with Crippen molar-refractivity contribution in [1.29, 1.82) is 0 Å². The lowest BCUT2D eigenvalue weighted by Crippen LogP contribution is -2.37. The van der Waals surface area contributed by atoms with Gasteiger partial charge in [0, 0.05) is 19.0 Å². The van der Waals surface area contributed by atoms with Crippen LogP contribution in [0, 0.1) is 11.3 Å². The number of nitrogens with zero attached hydrogens (tertiary/aromatic N) is 1. The van der Waals surface area contributed by atoms with Crippen LogP contribution in [-0.2, 0) is 0 Å². The summed E-state index contributed by atoms with van der Waals surface area (Å²) in [5.74, 6) is 0.158. The van der Waals surface area contributed by atoms with Crippen LogP contribution in [0.3, 0.4) is 0 Å². The molecular formula is C16H26N2OS2. The molecule has 1 aliphatic rings. The van der Waals surface area contributed by atoms with E-state index >= 15 is 0 Å². The SMILES string of the molecule is CSc1c(N2CCC(C)(C)CC2)sc(C(=O)C(C)C)c1N. The number of carbonyl (C=O) groups is 1. The predicted molar refractivity (Wildman–Crippen MR) is 94.9 cm³/mol. The zero-order valence-electron chi connectivity index (χ0n) is 13.7. The van der Waals surface area contributed by atoms with Gasteiger partial charge < -0.3 is 10.6 Å². The van der Waals surface area contributed by atoms with E-state index in [-0.39, 0.29) is 11.7 Å². The van der Waals surface area contributed by atoms with Crippen LogP contribution in [0.5, 0.6) is 0 Å². The highest BCUT2D eigenvalue weighted by Crippen LogP contribution is 2.46. The van der Waals surface area contributed by atoms with E-state index in [1.165, 1.54) is 17.8 Å². The van der Waals surface area contributed by atoms with Crippen molar-refractivity contribution in [1.82, 2.24) is 0 Å². The zero-order chi connectivity index (χ0) is 15.8. The van der Waals surface area contributed by atoms with E-state index < -0.39 is 0 Å². The van der Waals surface area contributed by atoms with Crippen LogP contribution in [0.1, 0.15) is 50.2 Å². The molecule has 118 valence electrons. The number of nitrogen functional groups attached to an aromatic ring is 1. The van der Waals surface area contributed by atoms with Gasteiger partial charge in [0.25, 0.3) is 0 Å². The van der Waals surface area contributed by atoms with Gasteiger partial charge in [-0.15, -0.1) is 23.1 Å². The fourth-order valence-corrected chi connectivity index (χ4v) is 4.90. The first kappa shape index (κ1) is 16.7. The summed E-state index contributed by atoms with van der Waals surface area (Å²) in [5.41, 5.74) is 7.37. The Morgan fingerprint density at radius 2 is 1.90 bits per heavy atom. The molecule has 0 aliphatic carbocycles. The summed E-state index contributed by atoms with van der Waals surface area (Å²) in [6.07, 6.45) is 4.41. The van der Waals surface area contributed by atoms with Gasteiger partial charge in [-0.25, -0.2) is 0 Å². The molecule has 0 aromatic carbocycles. The molecule has 21 heavy (non-hydrogen) atoms. The number of thiophene rings is 1. The van der Waals surface area contributed by atoms with Crippen LogP contribution in [-0.4, -0.2) is 25.1 Å². The normalized spacial score (nSPS) is 18.3. The molecule has 5 heteroatoms. The molecule has 0 spiro atoms. The van der Waals surface area contributed by atoms with Crippen molar-refractivity contribution in [3.8, 4) is 0 Å². The molecule has 0 amide bonds. The lowest BCUT2D eigenvalue weighted by molar-refractivity contribution is 0.0944. The smallest absolute Gasteiger partial charge is 0.177 e. The molecule has 0 unspecified atom stereocenters. The third kappa shape index (κ3) is 3.39. The number of carbonyl (C=O) groups excluding carboxylic acids is 1. The minimum absolute atomic E-state index is 0.00575. The van der Waals surface area contributed by atoms with E-state index in [0.717, 1.165) is 22.9 Å². The molecule has 2 heterocycles. The first-order valence-corrected chi connectivity index (χ1v) is 9.56. The van der Waals surface area contributed by atoms with E-state index in [0.29, 0.717) is 11.1 Å². The first-order chi connectivity index (χ1) is 9.76. The van der Waals surface area contributed by atoms with Crippen molar-refractivity contribution in [2.75, 3.05) is 30.0 Å². The second-order valence-corrected chi connectivity index (χ2v) is 8.67. The van der Waals surface area contributed by atoms with Crippen LogP contribution in [0.4, 0.5) is 10.7 Å². The minimum Gasteiger partial charge on any atom is -0.396 e. The van der Waals surface area contributed by atoms with Crippen molar-refractivity contribution in [2.45, 2.75) is 45.4 Å². The Labute approximate surface area is 136 Å². The van der Waals surface area contributed by atoms with Gasteiger partial charge in [0.05, 0.1) is 15.5 Å². The summed E-state index contributed by atoms with van der Waals surface area (Å²) < 4.78 is 0. The van der Waals surface area contributed by atoms with E-state index in [9.17, 15) is 4.79 Å². The van der Waals surface area contributed by atoms with Crippen molar-refractivity contribution in [3.05, 3.63) is 4.88 Å². The molecule has 1 saturated heterocycles. The van der Waals surface area contributed by atoms with Gasteiger partial charge in [-0.3, -0.25) is 4.79 Å². The molecule has 1 aliphatic heterocycles. The highest BCUT2D eigenvalue weighted by molar-refractivity contribution is 7.99. The average molecular weight is 327 g/mol. The largest absolute Gasteiger partial charge is 0.396 e. The lowest BCUT2D eigenvalue weighted by atomic mass is 9.83. The maximum absolute atomic E-state index is 12.3. The monoisotopic (exact) mass is 326 g/mol. The molecule has 0 radical (unpaired) electrons. The van der Waals surface area contributed by atoms with Crippen molar-refractivity contribution >= 4 is 39.6 Å². The topological polar surface area (TPSA) is 46.3 Å². The van der Waals surface area contributed by atoms with Crippen molar-refractivity contribution in [3.63, 3.8) is 0 Å². The maximum atomic E-state index is 12.3. The Bertz CT molecular complexity index is 525. The summed E-state index contributed by atoms with van der Waals surface area (Å²) in [4.78, 5) is 16.6. The standard InChI is InChI=1S/C16H26N2OS2/c1-10(2)12(19)13-11(17)14(20-5)15(21-13)18-8-6-16(3,4)7-9-18/h10H,6-9,17H2,1-5H3. The van der Waals surface area contributed by atoms with Gasteiger partial charge in [0.1, 0.15) is 5.00 Å². The third-order valence-electron chi connectivity index (χ3n) is 4.24. The summed E-state index contributed by atoms with van der Waals surface area (Å²) in [7, 11) is 0. The predicted octanol–water partition coefficient (Wildman–Crippen LogP) is 4.52. The molecule has 0 saturated carbocycles. The molecule has 1 aromatic rings. The van der Waals surface area contributed by atoms with Gasteiger partial charge in [-0.05, 0) is 24.5 Å². The van der Waals surface area contributed by atoms with Gasteiger partial charge in [-0.1, -0.05) is 27.7 Å². The number of hydrogen-bond donors (Lipinski definition) is 1. The molecular weight excluding hydrogens is 300 g/mol. The van der Waals surface area contributed by atoms with Gasteiger partial charge in [0.15, 0.2) is 5.78 Å². The van der Waals surface area contributed by atoms with Gasteiger partial charge in [0.2, 0.25) is 0 Å². The summed E-state index contributed by atoms with van der Waals surface area (Å²) in [6.45, 7) is 10.6. The van der Waals surface area contributed by atoms with Gasteiger partial charge >= 0.3 is 0 Å². The fraction of sp³-hybridized carbons (Fsp3) is 0.688. The lowest BCUT2D eigenvalue weighted by Gasteiger charge is -2.37. The van der Waals surface area contributed by atoms with Crippen LogP contribution in [0.15, 0.2) is 4.90 Å². The highest BCUT2D eigenvalue weighted by Gasteiger charge is 2.30. The van der Waals surface area contributed by atoms with E-state index in [1.54, 1.807) is 23.1 Å². The quantitative estimate of drug-likeness (QED) is 0.653. The van der Waals surface area contributed by atoms with Crippen LogP contribution in [0.25, 0.3) is 0 Å². The maximum Gasteiger partial charge on any atom is 0.177 e. The average Bonchev–Trinajstić information content (AvgIpc) is 2.74. The number of rotatable bonds is 4. The first-order valence-electron chi connectivity index (χ1n) is 7.52. The highest BCUT2D eigenvalue weighted by atomic mass is 32.2. The third-order valence-corrected chi connectivity index (χ3v) is 6.47. The molecule has 3 nitrogen and oxygen atoms in total. The summed E-state index contributed by atoms with van der Waals surface area (Å²) >= 11 is 3.24.